The molecule has 0 aromatic heterocycles. The van der Waals surface area contributed by atoms with Gasteiger partial charge in [0.1, 0.15) is 11.6 Å². The fourth-order valence-corrected chi connectivity index (χ4v) is 1.13. The van der Waals surface area contributed by atoms with Crippen molar-refractivity contribution < 1.29 is 13.6 Å². The predicted octanol–water partition coefficient (Wildman–Crippen LogP) is 1.82. The standard InChI is InChI=1S/C12H16F2N4O.HI/c1-12(2,10(15)19)6-17-11(16)18-9-5-7(13)3-4-8(9)14;/h3-5H,6H2,1-2H3,(H2,15,19)(H3,16,17,18);1H. The summed E-state index contributed by atoms with van der Waals surface area (Å²) in [5, 5.41) is 2.42. The van der Waals surface area contributed by atoms with E-state index in [1.165, 1.54) is 0 Å². The highest BCUT2D eigenvalue weighted by molar-refractivity contribution is 14.0. The van der Waals surface area contributed by atoms with E-state index in [4.69, 9.17) is 11.5 Å². The van der Waals surface area contributed by atoms with E-state index in [-0.39, 0.29) is 42.2 Å². The van der Waals surface area contributed by atoms with Crippen LogP contribution in [0.2, 0.25) is 0 Å². The Bertz CT molecular complexity index is 520. The second-order valence-corrected chi connectivity index (χ2v) is 4.70. The van der Waals surface area contributed by atoms with Crippen LogP contribution in [0.1, 0.15) is 13.8 Å². The number of hydrogen-bond donors (Lipinski definition) is 3. The Kier molecular flexibility index (Phi) is 6.83. The van der Waals surface area contributed by atoms with Crippen molar-refractivity contribution >= 4 is 41.5 Å². The molecule has 0 aliphatic carbocycles. The van der Waals surface area contributed by atoms with E-state index in [9.17, 15) is 13.6 Å². The number of benzene rings is 1. The van der Waals surface area contributed by atoms with Crippen LogP contribution in [0, 0.1) is 17.0 Å². The van der Waals surface area contributed by atoms with Crippen LogP contribution >= 0.6 is 24.0 Å². The Morgan fingerprint density at radius 1 is 1.35 bits per heavy atom. The number of amides is 1. The summed E-state index contributed by atoms with van der Waals surface area (Å²) in [6, 6.07) is 2.92. The number of rotatable bonds is 4. The predicted molar refractivity (Wildman–Crippen MR) is 84.9 cm³/mol. The number of primary amides is 1. The van der Waals surface area contributed by atoms with Gasteiger partial charge in [0.2, 0.25) is 5.91 Å². The number of guanidine groups is 1. The smallest absolute Gasteiger partial charge is 0.224 e. The largest absolute Gasteiger partial charge is 0.370 e. The van der Waals surface area contributed by atoms with Gasteiger partial charge in [0.15, 0.2) is 5.96 Å². The van der Waals surface area contributed by atoms with Gasteiger partial charge in [-0.05, 0) is 26.0 Å². The number of hydrogen-bond acceptors (Lipinski definition) is 2. The maximum atomic E-state index is 13.3. The third-order valence-corrected chi connectivity index (χ3v) is 2.50. The molecule has 112 valence electrons. The lowest BCUT2D eigenvalue weighted by atomic mass is 9.93. The fourth-order valence-electron chi connectivity index (χ4n) is 1.13. The molecule has 1 rings (SSSR count). The molecule has 0 aliphatic rings. The number of carbonyl (C=O) groups excluding carboxylic acids is 1. The highest BCUT2D eigenvalue weighted by Crippen LogP contribution is 2.16. The minimum Gasteiger partial charge on any atom is -0.370 e. The van der Waals surface area contributed by atoms with Crippen LogP contribution in [0.25, 0.3) is 0 Å². The summed E-state index contributed by atoms with van der Waals surface area (Å²) in [7, 11) is 0. The van der Waals surface area contributed by atoms with Crippen molar-refractivity contribution in [3.63, 3.8) is 0 Å². The normalized spacial score (nSPS) is 11.7. The topological polar surface area (TPSA) is 93.5 Å². The molecule has 0 saturated carbocycles. The highest BCUT2D eigenvalue weighted by Gasteiger charge is 2.24. The maximum Gasteiger partial charge on any atom is 0.224 e. The third kappa shape index (κ3) is 5.27. The van der Waals surface area contributed by atoms with E-state index in [1.807, 2.05) is 0 Å². The molecule has 0 heterocycles. The zero-order valence-electron chi connectivity index (χ0n) is 11.1. The van der Waals surface area contributed by atoms with Gasteiger partial charge in [0.25, 0.3) is 0 Å². The van der Waals surface area contributed by atoms with Crippen molar-refractivity contribution in [1.82, 2.24) is 0 Å². The van der Waals surface area contributed by atoms with Gasteiger partial charge in [-0.15, -0.1) is 24.0 Å². The van der Waals surface area contributed by atoms with Crippen LogP contribution in [-0.2, 0) is 4.79 Å². The summed E-state index contributed by atoms with van der Waals surface area (Å²) in [4.78, 5) is 14.9. The Labute approximate surface area is 132 Å². The first-order valence-corrected chi connectivity index (χ1v) is 5.54. The first-order chi connectivity index (χ1) is 8.72. The van der Waals surface area contributed by atoms with E-state index in [0.29, 0.717) is 0 Å². The number of nitrogens with two attached hydrogens (primary N) is 2. The van der Waals surface area contributed by atoms with Crippen molar-refractivity contribution in [2.24, 2.45) is 21.9 Å². The SMILES string of the molecule is CC(C)(CN=C(N)Nc1cc(F)ccc1F)C(N)=O.I. The minimum atomic E-state index is -0.868. The van der Waals surface area contributed by atoms with E-state index >= 15 is 0 Å². The molecule has 0 unspecified atom stereocenters. The van der Waals surface area contributed by atoms with Crippen LogP contribution in [0.5, 0.6) is 0 Å². The molecule has 8 heteroatoms. The van der Waals surface area contributed by atoms with Crippen LogP contribution in [0.4, 0.5) is 14.5 Å². The maximum absolute atomic E-state index is 13.3. The Hall–Kier alpha value is -1.45. The van der Waals surface area contributed by atoms with Gasteiger partial charge in [-0.1, -0.05) is 0 Å². The molecular formula is C12H17F2IN4O. The van der Waals surface area contributed by atoms with E-state index in [2.05, 4.69) is 10.3 Å². The van der Waals surface area contributed by atoms with E-state index in [0.717, 1.165) is 18.2 Å². The molecule has 1 aromatic rings. The zero-order chi connectivity index (χ0) is 14.6. The van der Waals surface area contributed by atoms with Gasteiger partial charge in [-0.2, -0.15) is 0 Å². The van der Waals surface area contributed by atoms with Crippen LogP contribution < -0.4 is 16.8 Å². The highest BCUT2D eigenvalue weighted by atomic mass is 127. The molecule has 0 radical (unpaired) electrons. The number of nitrogens with one attached hydrogen (secondary N) is 1. The van der Waals surface area contributed by atoms with E-state index in [1.54, 1.807) is 13.8 Å². The summed E-state index contributed by atoms with van der Waals surface area (Å²) >= 11 is 0. The minimum absolute atomic E-state index is 0. The Morgan fingerprint density at radius 2 is 1.95 bits per heavy atom. The number of carbonyl (C=O) groups is 1. The number of halogens is 3. The van der Waals surface area contributed by atoms with Crippen LogP contribution in [0.3, 0.4) is 0 Å². The Morgan fingerprint density at radius 3 is 2.50 bits per heavy atom. The molecule has 0 atom stereocenters. The van der Waals surface area contributed by atoms with Gasteiger partial charge >= 0.3 is 0 Å². The average Bonchev–Trinajstić information content (AvgIpc) is 2.31. The molecule has 0 aliphatic heterocycles. The van der Waals surface area contributed by atoms with Gasteiger partial charge in [-0.3, -0.25) is 9.79 Å². The molecule has 1 amide bonds. The summed E-state index contributed by atoms with van der Waals surface area (Å²) in [6.45, 7) is 3.25. The lowest BCUT2D eigenvalue weighted by Gasteiger charge is -2.17. The van der Waals surface area contributed by atoms with Crippen LogP contribution in [0.15, 0.2) is 23.2 Å². The molecule has 0 saturated heterocycles. The first kappa shape index (κ1) is 18.6. The second-order valence-electron chi connectivity index (χ2n) is 4.70. The lowest BCUT2D eigenvalue weighted by molar-refractivity contribution is -0.125. The molecule has 0 fully saturated rings. The fraction of sp³-hybridized carbons (Fsp3) is 0.333. The number of nitrogens with zero attached hydrogens (tertiary/aromatic N) is 1. The van der Waals surface area contributed by atoms with Gasteiger partial charge in [0, 0.05) is 6.07 Å². The third-order valence-electron chi connectivity index (χ3n) is 2.50. The van der Waals surface area contributed by atoms with Crippen molar-refractivity contribution in [2.45, 2.75) is 13.8 Å². The molecule has 0 spiro atoms. The molecule has 1 aromatic carbocycles. The summed E-state index contributed by atoms with van der Waals surface area (Å²) in [5.41, 5.74) is 9.71. The van der Waals surface area contributed by atoms with Crippen molar-refractivity contribution in [3.05, 3.63) is 29.8 Å². The Balaban J connectivity index is 0.00000361. The molecule has 5 N–H and O–H groups in total. The van der Waals surface area contributed by atoms with Crippen LogP contribution in [-0.4, -0.2) is 18.4 Å². The van der Waals surface area contributed by atoms with Crippen molar-refractivity contribution in [1.29, 1.82) is 0 Å². The quantitative estimate of drug-likeness (QED) is 0.411. The molecule has 0 bridgehead atoms. The van der Waals surface area contributed by atoms with Gasteiger partial charge in [-0.25, -0.2) is 8.78 Å². The van der Waals surface area contributed by atoms with Gasteiger partial charge in [0.05, 0.1) is 17.6 Å². The van der Waals surface area contributed by atoms with Crippen molar-refractivity contribution in [3.8, 4) is 0 Å². The molecular weight excluding hydrogens is 381 g/mol. The number of anilines is 1. The summed E-state index contributed by atoms with van der Waals surface area (Å²) in [6.07, 6.45) is 0. The van der Waals surface area contributed by atoms with E-state index < -0.39 is 23.0 Å². The molecule has 5 nitrogen and oxygen atoms in total. The molecule has 20 heavy (non-hydrogen) atoms. The second kappa shape index (κ2) is 7.36. The number of aliphatic imine (C=N–C) groups is 1. The summed E-state index contributed by atoms with van der Waals surface area (Å²) < 4.78 is 26.2. The average molecular weight is 398 g/mol. The zero-order valence-corrected chi connectivity index (χ0v) is 13.4. The monoisotopic (exact) mass is 398 g/mol. The summed E-state index contributed by atoms with van der Waals surface area (Å²) in [5.74, 6) is -1.91. The lowest BCUT2D eigenvalue weighted by Crippen LogP contribution is -2.35. The van der Waals surface area contributed by atoms with Crippen molar-refractivity contribution in [2.75, 3.05) is 11.9 Å². The van der Waals surface area contributed by atoms with Gasteiger partial charge < -0.3 is 16.8 Å². The first-order valence-electron chi connectivity index (χ1n) is 5.54.